The van der Waals surface area contributed by atoms with Crippen LogP contribution >= 0.6 is 15.9 Å². The van der Waals surface area contributed by atoms with E-state index in [1.165, 1.54) is 0 Å². The summed E-state index contributed by atoms with van der Waals surface area (Å²) in [5, 5.41) is 4.26. The van der Waals surface area contributed by atoms with Gasteiger partial charge in [-0.1, -0.05) is 12.1 Å². The lowest BCUT2D eigenvalue weighted by atomic mass is 10.3. The first-order valence-corrected chi connectivity index (χ1v) is 5.92. The van der Waals surface area contributed by atoms with Crippen LogP contribution in [-0.2, 0) is 0 Å². The fourth-order valence-electron chi connectivity index (χ4n) is 1.41. The van der Waals surface area contributed by atoms with Crippen molar-refractivity contribution in [3.8, 4) is 11.4 Å². The Bertz CT molecular complexity index is 479. The van der Waals surface area contributed by atoms with Crippen molar-refractivity contribution in [1.82, 2.24) is 9.78 Å². The summed E-state index contributed by atoms with van der Waals surface area (Å²) in [6, 6.07) is 7.93. The van der Waals surface area contributed by atoms with Gasteiger partial charge in [0.2, 0.25) is 0 Å². The molecule has 1 heterocycles. The second-order valence-electron chi connectivity index (χ2n) is 3.74. The molecule has 0 radical (unpaired) electrons. The summed E-state index contributed by atoms with van der Waals surface area (Å²) in [6.45, 7) is 3.99. The van der Waals surface area contributed by atoms with Gasteiger partial charge in [-0.25, -0.2) is 4.68 Å². The van der Waals surface area contributed by atoms with E-state index in [4.69, 9.17) is 4.74 Å². The average Bonchev–Trinajstić information content (AvgIpc) is 2.66. The fourth-order valence-corrected chi connectivity index (χ4v) is 1.88. The Labute approximate surface area is 103 Å². The zero-order chi connectivity index (χ0) is 11.5. The third-order valence-electron chi connectivity index (χ3n) is 2.03. The molecule has 84 valence electrons. The number of aromatic nitrogens is 2. The number of rotatable bonds is 3. The number of nitrogens with zero attached hydrogens (tertiary/aromatic N) is 2. The van der Waals surface area contributed by atoms with Gasteiger partial charge in [0, 0.05) is 4.47 Å². The topological polar surface area (TPSA) is 27.1 Å². The van der Waals surface area contributed by atoms with E-state index in [-0.39, 0.29) is 6.10 Å². The summed E-state index contributed by atoms with van der Waals surface area (Å²) >= 11 is 3.49. The maximum atomic E-state index is 5.56. The van der Waals surface area contributed by atoms with Crippen LogP contribution < -0.4 is 4.74 Å². The van der Waals surface area contributed by atoms with E-state index in [9.17, 15) is 0 Å². The number of para-hydroxylation sites is 1. The summed E-state index contributed by atoms with van der Waals surface area (Å²) in [6.07, 6.45) is 3.76. The van der Waals surface area contributed by atoms with Gasteiger partial charge < -0.3 is 4.74 Å². The lowest BCUT2D eigenvalue weighted by Crippen LogP contribution is -2.04. The Morgan fingerprint density at radius 3 is 2.75 bits per heavy atom. The maximum Gasteiger partial charge on any atom is 0.158 e. The van der Waals surface area contributed by atoms with Gasteiger partial charge in [-0.3, -0.25) is 0 Å². The largest absolute Gasteiger partial charge is 0.488 e. The number of hydrogen-bond donors (Lipinski definition) is 0. The first-order chi connectivity index (χ1) is 7.66. The van der Waals surface area contributed by atoms with E-state index < -0.39 is 0 Å². The lowest BCUT2D eigenvalue weighted by molar-refractivity contribution is 0.242. The minimum absolute atomic E-state index is 0.164. The highest BCUT2D eigenvalue weighted by Crippen LogP contribution is 2.22. The van der Waals surface area contributed by atoms with E-state index >= 15 is 0 Å². The van der Waals surface area contributed by atoms with Crippen molar-refractivity contribution in [3.63, 3.8) is 0 Å². The molecule has 0 aliphatic carbocycles. The van der Waals surface area contributed by atoms with E-state index in [1.807, 2.05) is 44.3 Å². The quantitative estimate of drug-likeness (QED) is 0.862. The van der Waals surface area contributed by atoms with Crippen molar-refractivity contribution >= 4 is 15.9 Å². The van der Waals surface area contributed by atoms with Crippen molar-refractivity contribution < 1.29 is 4.74 Å². The normalized spacial score (nSPS) is 10.8. The van der Waals surface area contributed by atoms with Crippen LogP contribution in [0.15, 0.2) is 41.1 Å². The molecule has 0 spiro atoms. The molecule has 3 nitrogen and oxygen atoms in total. The van der Waals surface area contributed by atoms with Crippen molar-refractivity contribution in [3.05, 3.63) is 41.1 Å². The zero-order valence-electron chi connectivity index (χ0n) is 9.22. The van der Waals surface area contributed by atoms with Gasteiger partial charge in [0.15, 0.2) is 5.75 Å². The molecule has 2 aromatic rings. The molecular formula is C12H13BrN2O. The lowest BCUT2D eigenvalue weighted by Gasteiger charge is -2.06. The summed E-state index contributed by atoms with van der Waals surface area (Å²) in [5.41, 5.74) is 1.00. The van der Waals surface area contributed by atoms with E-state index in [0.29, 0.717) is 0 Å². The molecule has 0 amide bonds. The zero-order valence-corrected chi connectivity index (χ0v) is 10.8. The first kappa shape index (κ1) is 11.2. The summed E-state index contributed by atoms with van der Waals surface area (Å²) in [7, 11) is 0. The van der Waals surface area contributed by atoms with Gasteiger partial charge >= 0.3 is 0 Å². The molecule has 0 fully saturated rings. The predicted molar refractivity (Wildman–Crippen MR) is 67.0 cm³/mol. The van der Waals surface area contributed by atoms with Crippen molar-refractivity contribution in [2.75, 3.05) is 0 Å². The molecule has 0 bridgehead atoms. The third kappa shape index (κ3) is 2.44. The predicted octanol–water partition coefficient (Wildman–Crippen LogP) is 3.42. The molecule has 16 heavy (non-hydrogen) atoms. The number of ether oxygens (including phenoxy) is 1. The van der Waals surface area contributed by atoms with Crippen molar-refractivity contribution in [2.24, 2.45) is 0 Å². The minimum atomic E-state index is 0.164. The molecule has 1 aromatic heterocycles. The van der Waals surface area contributed by atoms with Crippen LogP contribution in [0.5, 0.6) is 5.75 Å². The molecular weight excluding hydrogens is 268 g/mol. The minimum Gasteiger partial charge on any atom is -0.488 e. The first-order valence-electron chi connectivity index (χ1n) is 5.13. The third-order valence-corrected chi connectivity index (χ3v) is 2.70. The molecule has 0 unspecified atom stereocenters. The Morgan fingerprint density at radius 1 is 1.31 bits per heavy atom. The van der Waals surface area contributed by atoms with Crippen LogP contribution in [0.2, 0.25) is 0 Å². The molecule has 0 saturated heterocycles. The van der Waals surface area contributed by atoms with Crippen LogP contribution in [0, 0.1) is 0 Å². The van der Waals surface area contributed by atoms with Crippen molar-refractivity contribution in [2.45, 2.75) is 20.0 Å². The van der Waals surface area contributed by atoms with Crippen LogP contribution in [0.4, 0.5) is 0 Å². The highest BCUT2D eigenvalue weighted by molar-refractivity contribution is 9.10. The Balaban J connectivity index is 2.28. The van der Waals surface area contributed by atoms with Crippen LogP contribution in [0.3, 0.4) is 0 Å². The maximum absolute atomic E-state index is 5.56. The van der Waals surface area contributed by atoms with Gasteiger partial charge in [0.25, 0.3) is 0 Å². The number of hydrogen-bond acceptors (Lipinski definition) is 2. The summed E-state index contributed by atoms with van der Waals surface area (Å²) < 4.78 is 8.36. The molecule has 0 N–H and O–H groups in total. The molecule has 4 heteroatoms. The smallest absolute Gasteiger partial charge is 0.158 e. The Hall–Kier alpha value is -1.29. The monoisotopic (exact) mass is 280 g/mol. The molecule has 2 rings (SSSR count). The molecule has 0 aliphatic heterocycles. The Morgan fingerprint density at radius 2 is 2.06 bits per heavy atom. The van der Waals surface area contributed by atoms with E-state index in [1.54, 1.807) is 10.9 Å². The van der Waals surface area contributed by atoms with Crippen LogP contribution in [0.25, 0.3) is 5.69 Å². The molecule has 1 aromatic carbocycles. The SMILES string of the molecule is CC(C)Oc1cnn(-c2ccccc2Br)c1. The van der Waals surface area contributed by atoms with Crippen LogP contribution in [0.1, 0.15) is 13.8 Å². The van der Waals surface area contributed by atoms with Gasteiger partial charge in [-0.15, -0.1) is 0 Å². The summed E-state index contributed by atoms with van der Waals surface area (Å²) in [5.74, 6) is 0.783. The molecule has 0 aliphatic rings. The second-order valence-corrected chi connectivity index (χ2v) is 4.59. The van der Waals surface area contributed by atoms with Gasteiger partial charge in [0.1, 0.15) is 0 Å². The highest BCUT2D eigenvalue weighted by atomic mass is 79.9. The number of halogens is 1. The summed E-state index contributed by atoms with van der Waals surface area (Å²) in [4.78, 5) is 0. The highest BCUT2D eigenvalue weighted by Gasteiger charge is 2.05. The van der Waals surface area contributed by atoms with E-state index in [0.717, 1.165) is 15.9 Å². The average molecular weight is 281 g/mol. The molecule has 0 saturated carbocycles. The number of benzene rings is 1. The van der Waals surface area contributed by atoms with Crippen molar-refractivity contribution in [1.29, 1.82) is 0 Å². The van der Waals surface area contributed by atoms with Gasteiger partial charge in [-0.2, -0.15) is 5.10 Å². The fraction of sp³-hybridized carbons (Fsp3) is 0.250. The van der Waals surface area contributed by atoms with Gasteiger partial charge in [-0.05, 0) is 41.9 Å². The van der Waals surface area contributed by atoms with Gasteiger partial charge in [0.05, 0.1) is 24.2 Å². The second kappa shape index (κ2) is 4.70. The Kier molecular flexibility index (Phi) is 3.29. The van der Waals surface area contributed by atoms with E-state index in [2.05, 4.69) is 21.0 Å². The van der Waals surface area contributed by atoms with Crippen LogP contribution in [-0.4, -0.2) is 15.9 Å². The molecule has 0 atom stereocenters. The standard InChI is InChI=1S/C12H13BrN2O/c1-9(2)16-10-7-14-15(8-10)12-6-4-3-5-11(12)13/h3-9H,1-2H3.